The van der Waals surface area contributed by atoms with Crippen molar-refractivity contribution in [1.82, 2.24) is 24.9 Å². The number of benzene rings is 2. The molecule has 7 nitrogen and oxygen atoms in total. The number of nitrogens with zero attached hydrogens (tertiary/aromatic N) is 5. The zero-order valence-electron chi connectivity index (χ0n) is 17.7. The highest BCUT2D eigenvalue weighted by Crippen LogP contribution is 2.39. The van der Waals surface area contributed by atoms with Gasteiger partial charge in [-0.1, -0.05) is 12.1 Å². The number of alkyl halides is 3. The lowest BCUT2D eigenvalue weighted by Crippen LogP contribution is -2.16. The second-order valence-electron chi connectivity index (χ2n) is 8.09. The molecule has 1 aliphatic carbocycles. The van der Waals surface area contributed by atoms with Crippen LogP contribution >= 0.6 is 0 Å². The molecule has 2 N–H and O–H groups in total. The first-order valence-corrected chi connectivity index (χ1v) is 10.3. The number of H-pyrrole nitrogens is 1. The summed E-state index contributed by atoms with van der Waals surface area (Å²) < 4.78 is 53.7. The molecule has 2 aromatic heterocycles. The van der Waals surface area contributed by atoms with Gasteiger partial charge in [0.2, 0.25) is 11.9 Å². The number of fused-ring (bicyclic) bond motifs is 1. The van der Waals surface area contributed by atoms with Gasteiger partial charge in [-0.15, -0.1) is 0 Å². The maximum Gasteiger partial charge on any atom is 0.416 e. The Labute approximate surface area is 185 Å². The van der Waals surface area contributed by atoms with Gasteiger partial charge in [-0.05, 0) is 37.1 Å². The topological polar surface area (TPSA) is 82.6 Å². The van der Waals surface area contributed by atoms with Crippen LogP contribution in [-0.4, -0.2) is 39.0 Å². The summed E-state index contributed by atoms with van der Waals surface area (Å²) in [5, 5.41) is 2.91. The smallest absolute Gasteiger partial charge is 0.347 e. The van der Waals surface area contributed by atoms with Crippen LogP contribution in [0.25, 0.3) is 22.4 Å². The van der Waals surface area contributed by atoms with Gasteiger partial charge in [0, 0.05) is 25.6 Å². The van der Waals surface area contributed by atoms with Gasteiger partial charge in [-0.2, -0.15) is 28.1 Å². The van der Waals surface area contributed by atoms with Crippen molar-refractivity contribution < 1.29 is 17.6 Å². The van der Waals surface area contributed by atoms with Crippen LogP contribution in [0.2, 0.25) is 0 Å². The van der Waals surface area contributed by atoms with Crippen molar-refractivity contribution in [3.8, 4) is 11.4 Å². The Kier molecular flexibility index (Phi) is 4.91. The monoisotopic (exact) mass is 457 g/mol. The average Bonchev–Trinajstić information content (AvgIpc) is 3.54. The standard InChI is InChI=1S/C22H19F4N7/c1-33(2)21-31-19(11-3-4-11)30-20(32-21)28-14-9-10-15-17(16(14)23)29-18(27-15)12-5-7-13(8-6-12)22(24,25)26/h5-11H,3-4H2,1-2H3,(H,27,29)(H,28,30,31,32). The molecule has 1 fully saturated rings. The third kappa shape index (κ3) is 4.18. The van der Waals surface area contributed by atoms with E-state index in [-0.39, 0.29) is 28.9 Å². The molecule has 0 atom stereocenters. The summed E-state index contributed by atoms with van der Waals surface area (Å²) in [6, 6.07) is 7.69. The van der Waals surface area contributed by atoms with Crippen LogP contribution in [0.3, 0.4) is 0 Å². The summed E-state index contributed by atoms with van der Waals surface area (Å²) in [4.78, 5) is 22.2. The molecule has 2 aromatic carbocycles. The number of halogens is 4. The van der Waals surface area contributed by atoms with E-state index in [0.717, 1.165) is 25.0 Å². The van der Waals surface area contributed by atoms with Crippen molar-refractivity contribution in [2.75, 3.05) is 24.3 Å². The molecule has 0 radical (unpaired) electrons. The lowest BCUT2D eigenvalue weighted by molar-refractivity contribution is -0.137. The van der Waals surface area contributed by atoms with Crippen LogP contribution in [0, 0.1) is 5.82 Å². The predicted molar refractivity (Wildman–Crippen MR) is 116 cm³/mol. The summed E-state index contributed by atoms with van der Waals surface area (Å²) >= 11 is 0. The molecule has 170 valence electrons. The van der Waals surface area contributed by atoms with Gasteiger partial charge in [0.25, 0.3) is 0 Å². The Morgan fingerprint density at radius 2 is 1.70 bits per heavy atom. The molecule has 33 heavy (non-hydrogen) atoms. The number of hydrogen-bond acceptors (Lipinski definition) is 6. The van der Waals surface area contributed by atoms with Crippen LogP contribution in [-0.2, 0) is 6.18 Å². The molecule has 5 rings (SSSR count). The molecular formula is C22H19F4N7. The minimum Gasteiger partial charge on any atom is -0.347 e. The number of nitrogens with one attached hydrogen (secondary N) is 2. The Morgan fingerprint density at radius 3 is 2.33 bits per heavy atom. The van der Waals surface area contributed by atoms with Crippen LogP contribution < -0.4 is 10.2 Å². The highest BCUT2D eigenvalue weighted by molar-refractivity contribution is 5.84. The minimum absolute atomic E-state index is 0.0548. The van der Waals surface area contributed by atoms with Crippen LogP contribution in [0.1, 0.15) is 30.1 Å². The minimum atomic E-state index is -4.43. The number of aromatic amines is 1. The fourth-order valence-corrected chi connectivity index (χ4v) is 3.37. The van der Waals surface area contributed by atoms with E-state index >= 15 is 4.39 Å². The van der Waals surface area contributed by atoms with E-state index in [4.69, 9.17) is 0 Å². The first-order chi connectivity index (χ1) is 15.7. The fourth-order valence-electron chi connectivity index (χ4n) is 3.37. The zero-order chi connectivity index (χ0) is 23.3. The lowest BCUT2D eigenvalue weighted by atomic mass is 10.1. The van der Waals surface area contributed by atoms with E-state index in [0.29, 0.717) is 22.9 Å². The Bertz CT molecular complexity index is 1310. The number of hydrogen-bond donors (Lipinski definition) is 2. The zero-order valence-corrected chi connectivity index (χ0v) is 17.7. The number of rotatable bonds is 5. The molecule has 1 saturated carbocycles. The number of aromatic nitrogens is 5. The Hall–Kier alpha value is -3.76. The van der Waals surface area contributed by atoms with Gasteiger partial charge in [0.05, 0.1) is 16.8 Å². The molecule has 0 amide bonds. The predicted octanol–water partition coefficient (Wildman–Crippen LogP) is 5.26. The highest BCUT2D eigenvalue weighted by Gasteiger charge is 2.30. The van der Waals surface area contributed by atoms with Gasteiger partial charge < -0.3 is 15.2 Å². The highest BCUT2D eigenvalue weighted by atomic mass is 19.4. The second kappa shape index (κ2) is 7.68. The Balaban J connectivity index is 1.47. The van der Waals surface area contributed by atoms with Gasteiger partial charge in [-0.3, -0.25) is 0 Å². The second-order valence-corrected chi connectivity index (χ2v) is 8.09. The first kappa shape index (κ1) is 21.1. The maximum atomic E-state index is 15.3. The first-order valence-electron chi connectivity index (χ1n) is 10.3. The average molecular weight is 457 g/mol. The van der Waals surface area contributed by atoms with Crippen molar-refractivity contribution in [3.05, 3.63) is 53.6 Å². The van der Waals surface area contributed by atoms with E-state index in [2.05, 4.69) is 30.2 Å². The largest absolute Gasteiger partial charge is 0.416 e. The third-order valence-electron chi connectivity index (χ3n) is 5.31. The summed E-state index contributed by atoms with van der Waals surface area (Å²) in [7, 11) is 3.63. The fraction of sp³-hybridized carbons (Fsp3) is 0.273. The van der Waals surface area contributed by atoms with Crippen molar-refractivity contribution in [3.63, 3.8) is 0 Å². The molecule has 1 aliphatic rings. The summed E-state index contributed by atoms with van der Waals surface area (Å²) in [5.74, 6) is 1.30. The molecule has 0 unspecified atom stereocenters. The van der Waals surface area contributed by atoms with Crippen LogP contribution in [0.4, 0.5) is 35.1 Å². The van der Waals surface area contributed by atoms with E-state index in [1.165, 1.54) is 18.2 Å². The molecule has 0 saturated heterocycles. The molecular weight excluding hydrogens is 438 g/mol. The lowest BCUT2D eigenvalue weighted by Gasteiger charge is -2.13. The van der Waals surface area contributed by atoms with Crippen molar-refractivity contribution in [2.45, 2.75) is 24.9 Å². The van der Waals surface area contributed by atoms with Gasteiger partial charge in [0.1, 0.15) is 17.2 Å². The van der Waals surface area contributed by atoms with Crippen molar-refractivity contribution in [2.24, 2.45) is 0 Å². The molecule has 4 aromatic rings. The molecule has 0 spiro atoms. The summed E-state index contributed by atoms with van der Waals surface area (Å²) in [6.07, 6.45) is -2.41. The van der Waals surface area contributed by atoms with E-state index < -0.39 is 17.6 Å². The van der Waals surface area contributed by atoms with Crippen LogP contribution in [0.5, 0.6) is 0 Å². The molecule has 2 heterocycles. The SMILES string of the molecule is CN(C)c1nc(Nc2ccc3[nH]c(-c4ccc(C(F)(F)F)cc4)nc3c2F)nc(C2CC2)n1. The molecule has 0 bridgehead atoms. The molecule has 11 heteroatoms. The summed E-state index contributed by atoms with van der Waals surface area (Å²) in [6.45, 7) is 0. The van der Waals surface area contributed by atoms with E-state index in [9.17, 15) is 13.2 Å². The normalized spacial score (nSPS) is 14.0. The van der Waals surface area contributed by atoms with E-state index in [1.54, 1.807) is 11.0 Å². The van der Waals surface area contributed by atoms with Gasteiger partial charge in [-0.25, -0.2) is 9.37 Å². The van der Waals surface area contributed by atoms with Crippen LogP contribution in [0.15, 0.2) is 36.4 Å². The summed E-state index contributed by atoms with van der Waals surface area (Å²) in [5.41, 5.74) is 0.247. The van der Waals surface area contributed by atoms with Crippen molar-refractivity contribution in [1.29, 1.82) is 0 Å². The van der Waals surface area contributed by atoms with E-state index in [1.807, 2.05) is 14.1 Å². The van der Waals surface area contributed by atoms with Gasteiger partial charge in [0.15, 0.2) is 5.82 Å². The van der Waals surface area contributed by atoms with Crippen molar-refractivity contribution >= 4 is 28.6 Å². The molecule has 0 aliphatic heterocycles. The number of imidazole rings is 1. The quantitative estimate of drug-likeness (QED) is 0.398. The third-order valence-corrected chi connectivity index (χ3v) is 5.31. The maximum absolute atomic E-state index is 15.3. The number of anilines is 3. The van der Waals surface area contributed by atoms with Gasteiger partial charge >= 0.3 is 6.18 Å². The Morgan fingerprint density at radius 1 is 0.970 bits per heavy atom.